The van der Waals surface area contributed by atoms with Gasteiger partial charge in [0.15, 0.2) is 17.1 Å². The third-order valence-corrected chi connectivity index (χ3v) is 5.41. The minimum Gasteiger partial charge on any atom is -0.435 e. The summed E-state index contributed by atoms with van der Waals surface area (Å²) in [6, 6.07) is 10.5. The fourth-order valence-corrected chi connectivity index (χ4v) is 3.58. The Morgan fingerprint density at radius 1 is 1.19 bits per heavy atom. The molecule has 7 nitrogen and oxygen atoms in total. The Labute approximate surface area is 178 Å². The summed E-state index contributed by atoms with van der Waals surface area (Å²) in [5.74, 6) is -1.51. The Morgan fingerprint density at radius 3 is 2.52 bits per heavy atom. The lowest BCUT2D eigenvalue weighted by molar-refractivity contribution is -0.139. The molecule has 1 aliphatic heterocycles. The van der Waals surface area contributed by atoms with E-state index in [1.165, 1.54) is 53.6 Å². The molecule has 0 saturated heterocycles. The number of carbonyl (C=O) groups is 1. The molecule has 2 aromatic carbocycles. The van der Waals surface area contributed by atoms with E-state index in [1.807, 2.05) is 0 Å². The molecule has 0 aliphatic carbocycles. The van der Waals surface area contributed by atoms with Gasteiger partial charge in [-0.15, -0.1) is 0 Å². The number of benzene rings is 2. The first-order valence-electron chi connectivity index (χ1n) is 8.96. The van der Waals surface area contributed by atoms with Crippen LogP contribution in [0.3, 0.4) is 0 Å². The van der Waals surface area contributed by atoms with Gasteiger partial charge in [-0.25, -0.2) is 8.60 Å². The molecular formula is C20H18F3N3O4S. The Balaban J connectivity index is 1.63. The van der Waals surface area contributed by atoms with Gasteiger partial charge < -0.3 is 20.5 Å². The Bertz CT molecular complexity index is 1040. The van der Waals surface area contributed by atoms with Crippen molar-refractivity contribution in [1.29, 1.82) is 0 Å². The lowest BCUT2D eigenvalue weighted by atomic mass is 10.1. The summed E-state index contributed by atoms with van der Waals surface area (Å²) in [6.07, 6.45) is -0.439. The van der Waals surface area contributed by atoms with Gasteiger partial charge in [-0.1, -0.05) is 18.2 Å². The first kappa shape index (κ1) is 22.5. The molecule has 0 spiro atoms. The molecular weight excluding hydrogens is 435 g/mol. The molecule has 164 valence electrons. The molecule has 1 amide bonds. The minimum absolute atomic E-state index is 0.00194. The highest BCUT2D eigenvalue weighted by atomic mass is 32.2. The second-order valence-electron chi connectivity index (χ2n) is 6.50. The maximum Gasteiger partial charge on any atom is 0.387 e. The fourth-order valence-electron chi connectivity index (χ4n) is 2.86. The van der Waals surface area contributed by atoms with Crippen molar-refractivity contribution in [3.8, 4) is 5.75 Å². The van der Waals surface area contributed by atoms with Crippen molar-refractivity contribution in [2.45, 2.75) is 17.6 Å². The van der Waals surface area contributed by atoms with Crippen molar-refractivity contribution in [2.75, 3.05) is 13.1 Å². The Hall–Kier alpha value is -3.18. The number of alkyl halides is 2. The second-order valence-corrected chi connectivity index (χ2v) is 7.68. The van der Waals surface area contributed by atoms with E-state index in [9.17, 15) is 27.3 Å². The van der Waals surface area contributed by atoms with Crippen LogP contribution in [0.2, 0.25) is 0 Å². The number of ether oxygens (including phenoxy) is 1. The summed E-state index contributed by atoms with van der Waals surface area (Å²) in [6.45, 7) is -2.97. The largest absolute Gasteiger partial charge is 0.435 e. The molecule has 3 rings (SSSR count). The molecule has 0 aromatic heterocycles. The molecule has 3 N–H and O–H groups in total. The van der Waals surface area contributed by atoms with Crippen LogP contribution in [0.25, 0.3) is 0 Å². The predicted octanol–water partition coefficient (Wildman–Crippen LogP) is 2.31. The summed E-state index contributed by atoms with van der Waals surface area (Å²) in [5.41, 5.74) is 6.48. The molecule has 11 heteroatoms. The average molecular weight is 453 g/mol. The SMILES string of the molecule is NC1=C(/C=N/S(=O)c2ccc(OC(F)F)cc2)CN(C(=O)C(O)c2ccccc2F)C1. The van der Waals surface area contributed by atoms with E-state index in [-0.39, 0.29) is 35.0 Å². The van der Waals surface area contributed by atoms with Crippen LogP contribution in [0.1, 0.15) is 11.7 Å². The number of aliphatic hydroxyl groups excluding tert-OH is 1. The van der Waals surface area contributed by atoms with E-state index in [0.717, 1.165) is 6.07 Å². The molecule has 0 bridgehead atoms. The van der Waals surface area contributed by atoms with E-state index < -0.39 is 35.4 Å². The van der Waals surface area contributed by atoms with Crippen molar-refractivity contribution in [3.63, 3.8) is 0 Å². The van der Waals surface area contributed by atoms with Gasteiger partial charge in [-0.3, -0.25) is 4.79 Å². The normalized spacial score (nSPS) is 16.2. The van der Waals surface area contributed by atoms with Crippen molar-refractivity contribution in [1.82, 2.24) is 4.90 Å². The third-order valence-electron chi connectivity index (χ3n) is 4.44. The van der Waals surface area contributed by atoms with E-state index in [0.29, 0.717) is 5.57 Å². The standard InChI is InChI=1S/C20H18F3N3O4S/c21-16-4-2-1-3-15(16)18(27)19(28)26-10-12(17(24)11-26)9-25-31(29)14-7-5-13(6-8-14)30-20(22)23/h1-9,18,20,27H,10-11,24H2/b25-9+. The number of nitrogens with two attached hydrogens (primary N) is 1. The second kappa shape index (κ2) is 9.75. The molecule has 2 aromatic rings. The van der Waals surface area contributed by atoms with Gasteiger partial charge in [0.2, 0.25) is 0 Å². The summed E-state index contributed by atoms with van der Waals surface area (Å²) >= 11 is 0. The van der Waals surface area contributed by atoms with E-state index in [4.69, 9.17) is 5.73 Å². The molecule has 0 saturated carbocycles. The number of carbonyl (C=O) groups excluding carboxylic acids is 1. The molecule has 0 radical (unpaired) electrons. The van der Waals surface area contributed by atoms with Crippen molar-refractivity contribution < 1.29 is 32.0 Å². The fraction of sp³-hybridized carbons (Fsp3) is 0.200. The summed E-state index contributed by atoms with van der Waals surface area (Å²) in [5, 5.41) is 10.2. The zero-order chi connectivity index (χ0) is 22.5. The van der Waals surface area contributed by atoms with Crippen LogP contribution < -0.4 is 10.5 Å². The van der Waals surface area contributed by atoms with Crippen molar-refractivity contribution in [3.05, 3.63) is 71.2 Å². The highest BCUT2D eigenvalue weighted by Gasteiger charge is 2.30. The number of hydrogen-bond acceptors (Lipinski definition) is 5. The van der Waals surface area contributed by atoms with E-state index in [2.05, 4.69) is 9.13 Å². The minimum atomic E-state index is -2.96. The topological polar surface area (TPSA) is 105 Å². The van der Waals surface area contributed by atoms with Gasteiger partial charge in [0.05, 0.1) is 11.4 Å². The van der Waals surface area contributed by atoms with Gasteiger partial charge >= 0.3 is 6.61 Å². The van der Waals surface area contributed by atoms with Crippen molar-refractivity contribution >= 4 is 23.1 Å². The summed E-state index contributed by atoms with van der Waals surface area (Å²) in [4.78, 5) is 14.0. The zero-order valence-electron chi connectivity index (χ0n) is 16.0. The predicted molar refractivity (Wildman–Crippen MR) is 107 cm³/mol. The number of rotatable bonds is 7. The number of halogens is 3. The van der Waals surface area contributed by atoms with Crippen LogP contribution in [-0.4, -0.2) is 46.0 Å². The van der Waals surface area contributed by atoms with E-state index >= 15 is 0 Å². The van der Waals surface area contributed by atoms with Gasteiger partial charge in [-0.2, -0.15) is 13.2 Å². The third kappa shape index (κ3) is 5.50. The van der Waals surface area contributed by atoms with Crippen LogP contribution in [0.5, 0.6) is 5.75 Å². The average Bonchev–Trinajstić information content (AvgIpc) is 3.12. The van der Waals surface area contributed by atoms with Crippen molar-refractivity contribution in [2.24, 2.45) is 10.1 Å². The zero-order valence-corrected chi connectivity index (χ0v) is 16.8. The number of nitrogens with zero attached hydrogens (tertiary/aromatic N) is 2. The summed E-state index contributed by atoms with van der Waals surface area (Å²) in [7, 11) is -1.84. The number of amides is 1. The van der Waals surface area contributed by atoms with Gasteiger partial charge in [0, 0.05) is 29.6 Å². The van der Waals surface area contributed by atoms with Crippen LogP contribution in [0.4, 0.5) is 13.2 Å². The Morgan fingerprint density at radius 2 is 1.87 bits per heavy atom. The molecule has 0 fully saturated rings. The maximum atomic E-state index is 13.8. The number of aliphatic hydroxyl groups is 1. The molecule has 31 heavy (non-hydrogen) atoms. The highest BCUT2D eigenvalue weighted by molar-refractivity contribution is 7.83. The Kier molecular flexibility index (Phi) is 7.08. The van der Waals surface area contributed by atoms with Gasteiger partial charge in [0.25, 0.3) is 5.91 Å². The lowest BCUT2D eigenvalue weighted by Crippen LogP contribution is -2.34. The van der Waals surface area contributed by atoms with Gasteiger partial charge in [-0.05, 0) is 30.3 Å². The summed E-state index contributed by atoms with van der Waals surface area (Å²) < 4.78 is 58.6. The van der Waals surface area contributed by atoms with Crippen LogP contribution >= 0.6 is 0 Å². The van der Waals surface area contributed by atoms with Crippen LogP contribution in [0.15, 0.2) is 69.1 Å². The monoisotopic (exact) mass is 453 g/mol. The molecule has 2 atom stereocenters. The molecule has 1 heterocycles. The highest BCUT2D eigenvalue weighted by Crippen LogP contribution is 2.23. The number of hydrogen-bond donors (Lipinski definition) is 2. The first-order valence-corrected chi connectivity index (χ1v) is 10.1. The maximum absolute atomic E-state index is 13.8. The van der Waals surface area contributed by atoms with Gasteiger partial charge in [0.1, 0.15) is 11.6 Å². The quantitative estimate of drug-likeness (QED) is 0.626. The molecule has 1 aliphatic rings. The van der Waals surface area contributed by atoms with Crippen LogP contribution in [0, 0.1) is 5.82 Å². The first-order chi connectivity index (χ1) is 14.8. The lowest BCUT2D eigenvalue weighted by Gasteiger charge is -2.20. The molecule has 2 unspecified atom stereocenters. The smallest absolute Gasteiger partial charge is 0.387 e. The van der Waals surface area contributed by atoms with E-state index in [1.54, 1.807) is 0 Å². The van der Waals surface area contributed by atoms with Crippen LogP contribution in [-0.2, 0) is 15.8 Å².